The van der Waals surface area contributed by atoms with Gasteiger partial charge in [0, 0.05) is 18.8 Å². The van der Waals surface area contributed by atoms with Gasteiger partial charge in [-0.05, 0) is 41.9 Å². The van der Waals surface area contributed by atoms with Crippen LogP contribution in [0.3, 0.4) is 0 Å². The van der Waals surface area contributed by atoms with Crippen molar-refractivity contribution in [3.05, 3.63) is 65.7 Å². The van der Waals surface area contributed by atoms with E-state index < -0.39 is 0 Å². The monoisotopic (exact) mass is 277 g/mol. The van der Waals surface area contributed by atoms with Gasteiger partial charge in [-0.15, -0.1) is 0 Å². The fourth-order valence-electron chi connectivity index (χ4n) is 4.32. The van der Waals surface area contributed by atoms with Crippen molar-refractivity contribution in [1.29, 1.82) is 0 Å². The van der Waals surface area contributed by atoms with E-state index in [-0.39, 0.29) is 0 Å². The summed E-state index contributed by atoms with van der Waals surface area (Å²) in [5.74, 6) is 0. The van der Waals surface area contributed by atoms with Gasteiger partial charge in [0.2, 0.25) is 0 Å². The van der Waals surface area contributed by atoms with E-state index in [1.807, 2.05) is 0 Å². The minimum atomic E-state index is 0.545. The molecular formula is C20H23N. The molecule has 1 heteroatoms. The largest absolute Gasteiger partial charge is 0.366 e. The summed E-state index contributed by atoms with van der Waals surface area (Å²) in [5.41, 5.74) is 4.98. The molecule has 1 aliphatic heterocycles. The van der Waals surface area contributed by atoms with Crippen LogP contribution in [0.15, 0.2) is 54.6 Å². The Kier molecular flexibility index (Phi) is 3.21. The van der Waals surface area contributed by atoms with Crippen LogP contribution in [0, 0.1) is 5.41 Å². The fraction of sp³-hybridized carbons (Fsp3) is 0.400. The van der Waals surface area contributed by atoms with E-state index in [1.165, 1.54) is 49.9 Å². The second-order valence-corrected chi connectivity index (χ2v) is 6.85. The maximum absolute atomic E-state index is 2.62. The van der Waals surface area contributed by atoms with Crippen molar-refractivity contribution in [2.24, 2.45) is 5.41 Å². The number of rotatable bonds is 2. The molecule has 1 nitrogen and oxygen atoms in total. The Hall–Kier alpha value is -1.76. The zero-order valence-electron chi connectivity index (χ0n) is 12.6. The second kappa shape index (κ2) is 5.22. The van der Waals surface area contributed by atoms with E-state index in [0.717, 1.165) is 6.54 Å². The molecule has 1 saturated carbocycles. The van der Waals surface area contributed by atoms with Crippen molar-refractivity contribution >= 4 is 5.69 Å². The summed E-state index contributed by atoms with van der Waals surface area (Å²) in [6.07, 6.45) is 6.94. The number of fused-ring (bicyclic) bond motifs is 1. The summed E-state index contributed by atoms with van der Waals surface area (Å²) in [6.45, 7) is 2.28. The molecule has 2 aliphatic rings. The predicted molar refractivity (Wildman–Crippen MR) is 88.5 cm³/mol. The molecule has 0 amide bonds. The molecule has 0 aromatic heterocycles. The molecule has 0 bridgehead atoms. The van der Waals surface area contributed by atoms with Crippen LogP contribution in [0.5, 0.6) is 0 Å². The van der Waals surface area contributed by atoms with E-state index >= 15 is 0 Å². The highest BCUT2D eigenvalue weighted by Crippen LogP contribution is 2.47. The number of para-hydroxylation sites is 1. The van der Waals surface area contributed by atoms with E-state index in [9.17, 15) is 0 Å². The highest BCUT2D eigenvalue weighted by molar-refractivity contribution is 5.57. The average molecular weight is 277 g/mol. The molecule has 0 radical (unpaired) electrons. The Morgan fingerprint density at radius 1 is 0.857 bits per heavy atom. The molecule has 0 atom stereocenters. The van der Waals surface area contributed by atoms with Crippen LogP contribution in [0.4, 0.5) is 5.69 Å². The van der Waals surface area contributed by atoms with Gasteiger partial charge in [-0.3, -0.25) is 0 Å². The van der Waals surface area contributed by atoms with E-state index in [1.54, 1.807) is 5.56 Å². The Bertz CT molecular complexity index is 611. The molecule has 2 aromatic carbocycles. The van der Waals surface area contributed by atoms with Gasteiger partial charge in [0.05, 0.1) is 0 Å². The molecule has 1 spiro atoms. The molecule has 4 rings (SSSR count). The van der Waals surface area contributed by atoms with Crippen LogP contribution in [0.1, 0.15) is 36.8 Å². The molecule has 0 unspecified atom stereocenters. The molecule has 0 saturated heterocycles. The van der Waals surface area contributed by atoms with Crippen molar-refractivity contribution in [2.75, 3.05) is 11.4 Å². The minimum absolute atomic E-state index is 0.545. The van der Waals surface area contributed by atoms with Crippen LogP contribution in [-0.4, -0.2) is 6.54 Å². The Labute approximate surface area is 127 Å². The first-order valence-electron chi connectivity index (χ1n) is 8.22. The number of anilines is 1. The Morgan fingerprint density at radius 3 is 2.38 bits per heavy atom. The molecular weight excluding hydrogens is 254 g/mol. The first-order valence-corrected chi connectivity index (χ1v) is 8.22. The zero-order valence-corrected chi connectivity index (χ0v) is 12.6. The maximum atomic E-state index is 2.62. The van der Waals surface area contributed by atoms with Crippen LogP contribution < -0.4 is 4.90 Å². The second-order valence-electron chi connectivity index (χ2n) is 6.85. The van der Waals surface area contributed by atoms with E-state index in [4.69, 9.17) is 0 Å². The number of benzene rings is 2. The lowest BCUT2D eigenvalue weighted by atomic mass is 9.76. The fourth-order valence-corrected chi connectivity index (χ4v) is 4.32. The van der Waals surface area contributed by atoms with Crippen molar-refractivity contribution < 1.29 is 0 Å². The van der Waals surface area contributed by atoms with Gasteiger partial charge >= 0.3 is 0 Å². The molecule has 108 valence electrons. The summed E-state index contributed by atoms with van der Waals surface area (Å²) in [7, 11) is 0. The van der Waals surface area contributed by atoms with Gasteiger partial charge in [0.1, 0.15) is 0 Å². The van der Waals surface area contributed by atoms with E-state index in [2.05, 4.69) is 59.5 Å². The number of nitrogens with zero attached hydrogens (tertiary/aromatic N) is 1. The van der Waals surface area contributed by atoms with Crippen LogP contribution in [0.25, 0.3) is 0 Å². The SMILES string of the molecule is c1ccc(CN2CC3(CCCC3)Cc3ccccc32)cc1. The van der Waals surface area contributed by atoms with Crippen molar-refractivity contribution in [3.8, 4) is 0 Å². The van der Waals surface area contributed by atoms with Crippen molar-refractivity contribution in [3.63, 3.8) is 0 Å². The third-order valence-electron chi connectivity index (χ3n) is 5.30. The predicted octanol–water partition coefficient (Wildman–Crippen LogP) is 4.81. The first-order chi connectivity index (χ1) is 10.3. The van der Waals surface area contributed by atoms with Crippen molar-refractivity contribution in [1.82, 2.24) is 0 Å². The summed E-state index contributed by atoms with van der Waals surface area (Å²) >= 11 is 0. The molecule has 21 heavy (non-hydrogen) atoms. The molecule has 1 fully saturated rings. The lowest BCUT2D eigenvalue weighted by Crippen LogP contribution is -2.41. The van der Waals surface area contributed by atoms with Crippen LogP contribution in [-0.2, 0) is 13.0 Å². The summed E-state index contributed by atoms with van der Waals surface area (Å²) in [4.78, 5) is 2.62. The van der Waals surface area contributed by atoms with Crippen LogP contribution >= 0.6 is 0 Å². The number of hydrogen-bond acceptors (Lipinski definition) is 1. The third kappa shape index (κ3) is 2.46. The van der Waals surface area contributed by atoms with Crippen molar-refractivity contribution in [2.45, 2.75) is 38.6 Å². The smallest absolute Gasteiger partial charge is 0.0429 e. The average Bonchev–Trinajstić information content (AvgIpc) is 2.96. The number of hydrogen-bond donors (Lipinski definition) is 0. The first kappa shape index (κ1) is 12.9. The summed E-state index contributed by atoms with van der Waals surface area (Å²) in [5, 5.41) is 0. The Balaban J connectivity index is 1.68. The lowest BCUT2D eigenvalue weighted by molar-refractivity contribution is 0.284. The Morgan fingerprint density at radius 2 is 1.57 bits per heavy atom. The minimum Gasteiger partial charge on any atom is -0.366 e. The quantitative estimate of drug-likeness (QED) is 0.761. The van der Waals surface area contributed by atoms with Gasteiger partial charge in [-0.2, -0.15) is 0 Å². The van der Waals surface area contributed by atoms with Gasteiger partial charge in [-0.1, -0.05) is 61.4 Å². The maximum Gasteiger partial charge on any atom is 0.0429 e. The highest BCUT2D eigenvalue weighted by atomic mass is 15.1. The van der Waals surface area contributed by atoms with E-state index in [0.29, 0.717) is 5.41 Å². The normalized spacial score (nSPS) is 19.7. The highest BCUT2D eigenvalue weighted by Gasteiger charge is 2.39. The summed E-state index contributed by atoms with van der Waals surface area (Å²) < 4.78 is 0. The zero-order chi connectivity index (χ0) is 14.1. The topological polar surface area (TPSA) is 3.24 Å². The van der Waals surface area contributed by atoms with Crippen LogP contribution in [0.2, 0.25) is 0 Å². The molecule has 1 heterocycles. The third-order valence-corrected chi connectivity index (χ3v) is 5.30. The molecule has 2 aromatic rings. The summed E-state index contributed by atoms with van der Waals surface area (Å²) in [6, 6.07) is 19.9. The molecule has 1 aliphatic carbocycles. The van der Waals surface area contributed by atoms with Gasteiger partial charge in [-0.25, -0.2) is 0 Å². The standard InChI is InChI=1S/C20H23N/c1-2-8-17(9-3-1)15-21-16-20(12-6-7-13-20)14-18-10-4-5-11-19(18)21/h1-5,8-11H,6-7,12-16H2. The van der Waals surface area contributed by atoms with Gasteiger partial charge in [0.15, 0.2) is 0 Å². The van der Waals surface area contributed by atoms with Gasteiger partial charge < -0.3 is 4.90 Å². The molecule has 0 N–H and O–H groups in total. The van der Waals surface area contributed by atoms with Gasteiger partial charge in [0.25, 0.3) is 0 Å². The lowest BCUT2D eigenvalue weighted by Gasteiger charge is -2.43.